The van der Waals surface area contributed by atoms with Gasteiger partial charge in [-0.2, -0.15) is 11.8 Å². The summed E-state index contributed by atoms with van der Waals surface area (Å²) in [5, 5.41) is 12.9. The zero-order chi connectivity index (χ0) is 15.1. The van der Waals surface area contributed by atoms with Gasteiger partial charge in [-0.1, -0.05) is 30.3 Å². The molecule has 2 aromatic rings. The van der Waals surface area contributed by atoms with E-state index in [0.717, 1.165) is 28.4 Å². The van der Waals surface area contributed by atoms with E-state index in [1.165, 1.54) is 5.56 Å². The summed E-state index contributed by atoms with van der Waals surface area (Å²) < 4.78 is 0. The molecule has 112 valence electrons. The van der Waals surface area contributed by atoms with Crippen molar-refractivity contribution < 1.29 is 5.11 Å². The number of benzene rings is 2. The van der Waals surface area contributed by atoms with Crippen molar-refractivity contribution in [3.8, 4) is 0 Å². The Morgan fingerprint density at radius 1 is 1.19 bits per heavy atom. The van der Waals surface area contributed by atoms with Gasteiger partial charge in [-0.05, 0) is 36.2 Å². The van der Waals surface area contributed by atoms with Gasteiger partial charge in [0.1, 0.15) is 0 Å². The second kappa shape index (κ2) is 7.96. The summed E-state index contributed by atoms with van der Waals surface area (Å²) in [6.07, 6.45) is 0. The van der Waals surface area contributed by atoms with Gasteiger partial charge in [-0.15, -0.1) is 0 Å². The minimum atomic E-state index is 0.0433. The summed E-state index contributed by atoms with van der Waals surface area (Å²) >= 11 is 1.82. The molecule has 0 bridgehead atoms. The molecule has 1 unspecified atom stereocenters. The average molecular weight is 302 g/mol. The molecule has 1 atom stereocenters. The monoisotopic (exact) mass is 302 g/mol. The van der Waals surface area contributed by atoms with Gasteiger partial charge in [0, 0.05) is 22.9 Å². The van der Waals surface area contributed by atoms with E-state index in [4.69, 9.17) is 5.73 Å². The van der Waals surface area contributed by atoms with Gasteiger partial charge in [-0.3, -0.25) is 0 Å². The highest BCUT2D eigenvalue weighted by atomic mass is 32.2. The lowest BCUT2D eigenvalue weighted by molar-refractivity contribution is 0.283. The van der Waals surface area contributed by atoms with Crippen LogP contribution in [0.3, 0.4) is 0 Å². The first-order valence-electron chi connectivity index (χ1n) is 7.04. The molecule has 0 saturated heterocycles. The van der Waals surface area contributed by atoms with Crippen LogP contribution in [0.1, 0.15) is 11.1 Å². The Bertz CT molecular complexity index is 560. The topological polar surface area (TPSA) is 58.3 Å². The van der Waals surface area contributed by atoms with Crippen molar-refractivity contribution in [2.24, 2.45) is 0 Å². The number of thioether (sulfide) groups is 1. The van der Waals surface area contributed by atoms with Crippen LogP contribution in [0, 0.1) is 6.92 Å². The second-order valence-corrected chi connectivity index (χ2v) is 6.13. The Labute approximate surface area is 130 Å². The molecule has 21 heavy (non-hydrogen) atoms. The molecule has 2 rings (SSSR count). The molecule has 0 aliphatic carbocycles. The van der Waals surface area contributed by atoms with Crippen molar-refractivity contribution in [1.82, 2.24) is 0 Å². The Kier molecular flexibility index (Phi) is 5.96. The number of anilines is 2. The van der Waals surface area contributed by atoms with E-state index in [2.05, 4.69) is 29.6 Å². The maximum atomic E-state index is 9.51. The normalized spacial score (nSPS) is 12.1. The first kappa shape index (κ1) is 15.7. The zero-order valence-electron chi connectivity index (χ0n) is 12.3. The van der Waals surface area contributed by atoms with Gasteiger partial charge in [0.2, 0.25) is 0 Å². The minimum absolute atomic E-state index is 0.0433. The average Bonchev–Trinajstić information content (AvgIpc) is 2.51. The zero-order valence-corrected chi connectivity index (χ0v) is 13.1. The second-order valence-electron chi connectivity index (χ2n) is 5.10. The first-order chi connectivity index (χ1) is 10.2. The number of nitrogens with two attached hydrogens (primary N) is 1. The molecular formula is C17H22N2OS. The number of hydrogen-bond donors (Lipinski definition) is 3. The van der Waals surface area contributed by atoms with E-state index >= 15 is 0 Å². The van der Waals surface area contributed by atoms with Crippen LogP contribution < -0.4 is 11.1 Å². The number of aryl methyl sites for hydroxylation is 1. The van der Waals surface area contributed by atoms with Gasteiger partial charge < -0.3 is 16.2 Å². The summed E-state index contributed by atoms with van der Waals surface area (Å²) in [7, 11) is 0. The summed E-state index contributed by atoms with van der Waals surface area (Å²) in [5.41, 5.74) is 9.97. The smallest absolute Gasteiger partial charge is 0.0640 e. The summed E-state index contributed by atoms with van der Waals surface area (Å²) in [5.74, 6) is 1.81. The van der Waals surface area contributed by atoms with E-state index in [9.17, 15) is 5.11 Å². The van der Waals surface area contributed by atoms with Crippen LogP contribution in [0.4, 0.5) is 11.4 Å². The number of nitrogen functional groups attached to an aromatic ring is 1. The molecule has 0 aliphatic rings. The highest BCUT2D eigenvalue weighted by molar-refractivity contribution is 7.98. The third-order valence-electron chi connectivity index (χ3n) is 3.29. The fourth-order valence-electron chi connectivity index (χ4n) is 2.03. The van der Waals surface area contributed by atoms with E-state index in [1.807, 2.05) is 43.0 Å². The maximum Gasteiger partial charge on any atom is 0.0640 e. The van der Waals surface area contributed by atoms with Crippen LogP contribution in [0.5, 0.6) is 0 Å². The molecular weight excluding hydrogens is 280 g/mol. The lowest BCUT2D eigenvalue weighted by atomic mass is 10.1. The summed E-state index contributed by atoms with van der Waals surface area (Å²) in [6.45, 7) is 2.10. The van der Waals surface area contributed by atoms with Gasteiger partial charge in [-0.25, -0.2) is 0 Å². The van der Waals surface area contributed by atoms with Crippen LogP contribution >= 0.6 is 11.8 Å². The lowest BCUT2D eigenvalue weighted by Crippen LogP contribution is -2.26. The number of nitrogens with one attached hydrogen (secondary N) is 1. The molecule has 0 aromatic heterocycles. The maximum absolute atomic E-state index is 9.51. The molecule has 0 heterocycles. The highest BCUT2D eigenvalue weighted by Gasteiger charge is 2.08. The van der Waals surface area contributed by atoms with Gasteiger partial charge in [0.05, 0.1) is 12.6 Å². The summed E-state index contributed by atoms with van der Waals surface area (Å²) in [6, 6.07) is 16.3. The number of aliphatic hydroxyl groups excluding tert-OH is 1. The van der Waals surface area contributed by atoms with Crippen molar-refractivity contribution in [3.05, 3.63) is 59.7 Å². The van der Waals surface area contributed by atoms with E-state index < -0.39 is 0 Å². The molecule has 0 radical (unpaired) electrons. The molecule has 0 fully saturated rings. The van der Waals surface area contributed by atoms with E-state index in [1.54, 1.807) is 0 Å². The van der Waals surface area contributed by atoms with Gasteiger partial charge in [0.25, 0.3) is 0 Å². The van der Waals surface area contributed by atoms with Crippen LogP contribution in [-0.2, 0) is 5.75 Å². The van der Waals surface area contributed by atoms with Gasteiger partial charge in [0.15, 0.2) is 0 Å². The number of hydrogen-bond acceptors (Lipinski definition) is 4. The predicted octanol–water partition coefficient (Wildman–Crippen LogP) is 3.28. The Morgan fingerprint density at radius 3 is 2.62 bits per heavy atom. The number of rotatable bonds is 7. The highest BCUT2D eigenvalue weighted by Crippen LogP contribution is 2.19. The van der Waals surface area contributed by atoms with Crippen molar-refractivity contribution in [2.75, 3.05) is 23.4 Å². The Hall–Kier alpha value is -1.65. The molecule has 0 amide bonds. The molecule has 3 nitrogen and oxygen atoms in total. The fraction of sp³-hybridized carbons (Fsp3) is 0.294. The fourth-order valence-corrected chi connectivity index (χ4v) is 3.05. The minimum Gasteiger partial charge on any atom is -0.399 e. The SMILES string of the molecule is Cc1cc(NC(CO)CSCc2ccccc2)ccc1N. The number of aliphatic hydroxyl groups is 1. The molecule has 0 spiro atoms. The first-order valence-corrected chi connectivity index (χ1v) is 8.19. The van der Waals surface area contributed by atoms with Crippen LogP contribution in [0.15, 0.2) is 48.5 Å². The Balaban J connectivity index is 1.84. The van der Waals surface area contributed by atoms with Gasteiger partial charge >= 0.3 is 0 Å². The van der Waals surface area contributed by atoms with Crippen LogP contribution in [0.2, 0.25) is 0 Å². The summed E-state index contributed by atoms with van der Waals surface area (Å²) in [4.78, 5) is 0. The molecule has 4 heteroatoms. The molecule has 2 aromatic carbocycles. The quantitative estimate of drug-likeness (QED) is 0.687. The third kappa shape index (κ3) is 4.99. The van der Waals surface area contributed by atoms with E-state index in [-0.39, 0.29) is 12.6 Å². The standard InChI is InChI=1S/C17H22N2OS/c1-13-9-15(7-8-17(13)18)19-16(10-20)12-21-11-14-5-3-2-4-6-14/h2-9,16,19-20H,10-12,18H2,1H3. The Morgan fingerprint density at radius 2 is 1.95 bits per heavy atom. The molecule has 0 saturated carbocycles. The van der Waals surface area contributed by atoms with Crippen LogP contribution in [0.25, 0.3) is 0 Å². The lowest BCUT2D eigenvalue weighted by Gasteiger charge is -2.18. The van der Waals surface area contributed by atoms with Crippen molar-refractivity contribution in [3.63, 3.8) is 0 Å². The largest absolute Gasteiger partial charge is 0.399 e. The molecule has 0 aliphatic heterocycles. The van der Waals surface area contributed by atoms with E-state index in [0.29, 0.717) is 0 Å². The van der Waals surface area contributed by atoms with Crippen molar-refractivity contribution >= 4 is 23.1 Å². The van der Waals surface area contributed by atoms with Crippen molar-refractivity contribution in [2.45, 2.75) is 18.7 Å². The van der Waals surface area contributed by atoms with Crippen molar-refractivity contribution in [1.29, 1.82) is 0 Å². The molecule has 4 N–H and O–H groups in total. The predicted molar refractivity (Wildman–Crippen MR) is 92.7 cm³/mol. The third-order valence-corrected chi connectivity index (χ3v) is 4.47. The van der Waals surface area contributed by atoms with Crippen LogP contribution in [-0.4, -0.2) is 23.5 Å².